The molecule has 5 nitrogen and oxygen atoms in total. The van der Waals surface area contributed by atoms with Crippen molar-refractivity contribution < 1.29 is 19.1 Å². The minimum absolute atomic E-state index is 0.0979. The minimum atomic E-state index is -0.566. The van der Waals surface area contributed by atoms with Gasteiger partial charge in [-0.05, 0) is 13.8 Å². The molecule has 18 heavy (non-hydrogen) atoms. The van der Waals surface area contributed by atoms with Crippen LogP contribution in [-0.2, 0) is 19.1 Å². The molecular formula is C13H23NO4. The summed E-state index contributed by atoms with van der Waals surface area (Å²) in [5.41, 5.74) is -0.566. The lowest BCUT2D eigenvalue weighted by Gasteiger charge is -2.21. The van der Waals surface area contributed by atoms with Crippen LogP contribution in [0.3, 0.4) is 0 Å². The standard InChI is InChI=1S/C13H23NO4/c1-5-17-11(18-6-2)7-8-14-10(15)9-13(3,4)12(14)16/h11H,5-9H2,1-4H3. The number of nitrogens with zero attached hydrogens (tertiary/aromatic N) is 1. The smallest absolute Gasteiger partial charge is 0.235 e. The van der Waals surface area contributed by atoms with E-state index in [1.807, 2.05) is 13.8 Å². The number of likely N-dealkylation sites (tertiary alicyclic amines) is 1. The van der Waals surface area contributed by atoms with E-state index in [0.29, 0.717) is 32.6 Å². The van der Waals surface area contributed by atoms with E-state index in [-0.39, 0.29) is 18.1 Å². The van der Waals surface area contributed by atoms with Gasteiger partial charge in [0.05, 0.1) is 5.41 Å². The van der Waals surface area contributed by atoms with Gasteiger partial charge in [-0.1, -0.05) is 13.8 Å². The number of carbonyl (C=O) groups excluding carboxylic acids is 2. The number of hydrogen-bond donors (Lipinski definition) is 0. The summed E-state index contributed by atoms with van der Waals surface area (Å²) in [5.74, 6) is -0.198. The summed E-state index contributed by atoms with van der Waals surface area (Å²) in [5, 5.41) is 0. The first kappa shape index (κ1) is 15.1. The molecule has 0 unspecified atom stereocenters. The van der Waals surface area contributed by atoms with Crippen LogP contribution in [0.25, 0.3) is 0 Å². The lowest BCUT2D eigenvalue weighted by Crippen LogP contribution is -2.36. The van der Waals surface area contributed by atoms with Crippen LogP contribution in [-0.4, -0.2) is 42.8 Å². The second-order valence-electron chi connectivity index (χ2n) is 5.04. The van der Waals surface area contributed by atoms with Crippen molar-refractivity contribution in [2.45, 2.75) is 46.8 Å². The van der Waals surface area contributed by atoms with Crippen LogP contribution in [0.5, 0.6) is 0 Å². The molecular weight excluding hydrogens is 234 g/mol. The molecule has 1 aliphatic rings. The Morgan fingerprint density at radius 2 is 1.78 bits per heavy atom. The van der Waals surface area contributed by atoms with Crippen LogP contribution in [0.1, 0.15) is 40.5 Å². The third-order valence-corrected chi connectivity index (χ3v) is 3.01. The van der Waals surface area contributed by atoms with Gasteiger partial charge in [-0.25, -0.2) is 0 Å². The number of rotatable bonds is 7. The largest absolute Gasteiger partial charge is 0.353 e. The molecule has 5 heteroatoms. The summed E-state index contributed by atoms with van der Waals surface area (Å²) >= 11 is 0. The lowest BCUT2D eigenvalue weighted by molar-refractivity contribution is -0.150. The molecule has 1 fully saturated rings. The topological polar surface area (TPSA) is 55.8 Å². The number of amides is 2. The summed E-state index contributed by atoms with van der Waals surface area (Å²) in [6.45, 7) is 8.86. The number of imide groups is 1. The molecule has 1 saturated heterocycles. The highest BCUT2D eigenvalue weighted by molar-refractivity contribution is 6.05. The average Bonchev–Trinajstić information content (AvgIpc) is 2.47. The molecule has 2 amide bonds. The van der Waals surface area contributed by atoms with E-state index in [1.165, 1.54) is 4.90 Å². The predicted octanol–water partition coefficient (Wildman–Crippen LogP) is 1.56. The molecule has 0 atom stereocenters. The number of hydrogen-bond acceptors (Lipinski definition) is 4. The maximum Gasteiger partial charge on any atom is 0.235 e. The molecule has 104 valence electrons. The third kappa shape index (κ3) is 3.53. The van der Waals surface area contributed by atoms with E-state index < -0.39 is 5.41 Å². The maximum atomic E-state index is 12.0. The van der Waals surface area contributed by atoms with E-state index in [2.05, 4.69) is 0 Å². The number of carbonyl (C=O) groups is 2. The fourth-order valence-corrected chi connectivity index (χ4v) is 2.08. The highest BCUT2D eigenvalue weighted by Crippen LogP contribution is 2.31. The van der Waals surface area contributed by atoms with Gasteiger partial charge in [-0.15, -0.1) is 0 Å². The van der Waals surface area contributed by atoms with Gasteiger partial charge in [0.2, 0.25) is 11.8 Å². The van der Waals surface area contributed by atoms with Crippen LogP contribution in [0.4, 0.5) is 0 Å². The fourth-order valence-electron chi connectivity index (χ4n) is 2.08. The van der Waals surface area contributed by atoms with Gasteiger partial charge in [0, 0.05) is 32.6 Å². The van der Waals surface area contributed by atoms with Crippen molar-refractivity contribution in [1.29, 1.82) is 0 Å². The molecule has 0 aromatic carbocycles. The third-order valence-electron chi connectivity index (χ3n) is 3.01. The Labute approximate surface area is 108 Å². The van der Waals surface area contributed by atoms with Crippen molar-refractivity contribution in [3.63, 3.8) is 0 Å². The number of ether oxygens (including phenoxy) is 2. The molecule has 0 saturated carbocycles. The molecule has 0 aromatic heterocycles. The van der Waals surface area contributed by atoms with E-state index in [9.17, 15) is 9.59 Å². The first-order chi connectivity index (χ1) is 8.42. The Balaban J connectivity index is 2.52. The summed E-state index contributed by atoms with van der Waals surface area (Å²) in [7, 11) is 0. The predicted molar refractivity (Wildman–Crippen MR) is 66.8 cm³/mol. The Hall–Kier alpha value is -0.940. The van der Waals surface area contributed by atoms with Gasteiger partial charge >= 0.3 is 0 Å². The van der Waals surface area contributed by atoms with E-state index in [0.717, 1.165) is 0 Å². The lowest BCUT2D eigenvalue weighted by atomic mass is 9.92. The van der Waals surface area contributed by atoms with Crippen molar-refractivity contribution in [3.8, 4) is 0 Å². The van der Waals surface area contributed by atoms with Crippen molar-refractivity contribution in [3.05, 3.63) is 0 Å². The summed E-state index contributed by atoms with van der Waals surface area (Å²) in [6.07, 6.45) is 0.471. The Bertz CT molecular complexity index is 308. The molecule has 0 radical (unpaired) electrons. The molecule has 0 bridgehead atoms. The van der Waals surface area contributed by atoms with E-state index >= 15 is 0 Å². The maximum absolute atomic E-state index is 12.0. The van der Waals surface area contributed by atoms with Crippen molar-refractivity contribution in [2.24, 2.45) is 5.41 Å². The first-order valence-electron chi connectivity index (χ1n) is 6.50. The second-order valence-corrected chi connectivity index (χ2v) is 5.04. The normalized spacial score (nSPS) is 19.1. The molecule has 0 aliphatic carbocycles. The minimum Gasteiger partial charge on any atom is -0.353 e. The van der Waals surface area contributed by atoms with Crippen LogP contribution >= 0.6 is 0 Å². The van der Waals surface area contributed by atoms with Crippen molar-refractivity contribution in [1.82, 2.24) is 4.90 Å². The first-order valence-corrected chi connectivity index (χ1v) is 6.50. The molecule has 0 spiro atoms. The van der Waals surface area contributed by atoms with Crippen LogP contribution in [0.15, 0.2) is 0 Å². The van der Waals surface area contributed by atoms with Crippen molar-refractivity contribution in [2.75, 3.05) is 19.8 Å². The quantitative estimate of drug-likeness (QED) is 0.513. The Morgan fingerprint density at radius 1 is 1.22 bits per heavy atom. The molecule has 1 rings (SSSR count). The van der Waals surface area contributed by atoms with Crippen LogP contribution < -0.4 is 0 Å². The van der Waals surface area contributed by atoms with Gasteiger partial charge < -0.3 is 9.47 Å². The Kier molecular flexibility index (Phi) is 5.28. The van der Waals surface area contributed by atoms with Crippen LogP contribution in [0, 0.1) is 5.41 Å². The molecule has 1 heterocycles. The van der Waals surface area contributed by atoms with Crippen molar-refractivity contribution >= 4 is 11.8 Å². The molecule has 0 N–H and O–H groups in total. The van der Waals surface area contributed by atoms with Gasteiger partial charge in [0.25, 0.3) is 0 Å². The summed E-state index contributed by atoms with van der Waals surface area (Å²) in [6, 6.07) is 0. The summed E-state index contributed by atoms with van der Waals surface area (Å²) in [4.78, 5) is 25.1. The van der Waals surface area contributed by atoms with E-state index in [1.54, 1.807) is 13.8 Å². The average molecular weight is 257 g/mol. The SMILES string of the molecule is CCOC(CCN1C(=O)CC(C)(C)C1=O)OCC. The zero-order valence-electron chi connectivity index (χ0n) is 11.7. The van der Waals surface area contributed by atoms with Crippen LogP contribution in [0.2, 0.25) is 0 Å². The van der Waals surface area contributed by atoms with Gasteiger partial charge in [-0.3, -0.25) is 14.5 Å². The fraction of sp³-hybridized carbons (Fsp3) is 0.846. The Morgan fingerprint density at radius 3 is 2.17 bits per heavy atom. The summed E-state index contributed by atoms with van der Waals surface area (Å²) < 4.78 is 10.8. The zero-order valence-corrected chi connectivity index (χ0v) is 11.7. The zero-order chi connectivity index (χ0) is 13.8. The highest BCUT2D eigenvalue weighted by atomic mass is 16.7. The van der Waals surface area contributed by atoms with Gasteiger partial charge in [-0.2, -0.15) is 0 Å². The molecule has 1 aliphatic heterocycles. The monoisotopic (exact) mass is 257 g/mol. The molecule has 0 aromatic rings. The second kappa shape index (κ2) is 6.29. The van der Waals surface area contributed by atoms with Gasteiger partial charge in [0.1, 0.15) is 0 Å². The van der Waals surface area contributed by atoms with E-state index in [4.69, 9.17) is 9.47 Å². The van der Waals surface area contributed by atoms with Gasteiger partial charge in [0.15, 0.2) is 6.29 Å². The highest BCUT2D eigenvalue weighted by Gasteiger charge is 2.44.